The molecule has 0 fully saturated rings. The van der Waals surface area contributed by atoms with Gasteiger partial charge in [0.2, 0.25) is 0 Å². The standard InChI is InChI=1S/C15H11FN2O2/c1-9-2-4-13(11(6-9)8-17)18-14-5-3-10(15(19)20)7-12(14)16/h2-7,18H,1H3,(H,19,20). The van der Waals surface area contributed by atoms with Gasteiger partial charge in [-0.25, -0.2) is 9.18 Å². The molecule has 0 aliphatic heterocycles. The number of carboxylic acid groups (broad SMARTS) is 1. The molecule has 2 rings (SSSR count). The molecule has 0 aromatic heterocycles. The largest absolute Gasteiger partial charge is 0.478 e. The third kappa shape index (κ3) is 2.75. The van der Waals surface area contributed by atoms with Gasteiger partial charge in [-0.3, -0.25) is 0 Å². The number of aromatic carboxylic acids is 1. The Labute approximate surface area is 115 Å². The van der Waals surface area contributed by atoms with Crippen LogP contribution in [0.1, 0.15) is 21.5 Å². The van der Waals surface area contributed by atoms with Gasteiger partial charge in [0.25, 0.3) is 0 Å². The van der Waals surface area contributed by atoms with E-state index in [2.05, 4.69) is 5.32 Å². The average Bonchev–Trinajstić information content (AvgIpc) is 2.42. The highest BCUT2D eigenvalue weighted by Crippen LogP contribution is 2.24. The molecule has 0 bridgehead atoms. The summed E-state index contributed by atoms with van der Waals surface area (Å²) in [5, 5.41) is 20.6. The van der Waals surface area contributed by atoms with Gasteiger partial charge < -0.3 is 10.4 Å². The zero-order valence-electron chi connectivity index (χ0n) is 10.6. The molecule has 0 aliphatic rings. The topological polar surface area (TPSA) is 73.1 Å². The van der Waals surface area contributed by atoms with E-state index in [-0.39, 0.29) is 11.3 Å². The summed E-state index contributed by atoms with van der Waals surface area (Å²) >= 11 is 0. The number of rotatable bonds is 3. The second-order valence-electron chi connectivity index (χ2n) is 4.29. The van der Waals surface area contributed by atoms with Crippen LogP contribution in [0.15, 0.2) is 36.4 Å². The van der Waals surface area contributed by atoms with Crippen molar-refractivity contribution in [2.24, 2.45) is 0 Å². The SMILES string of the molecule is Cc1ccc(Nc2ccc(C(=O)O)cc2F)c(C#N)c1. The van der Waals surface area contributed by atoms with Crippen LogP contribution in [-0.4, -0.2) is 11.1 Å². The number of nitriles is 1. The zero-order valence-corrected chi connectivity index (χ0v) is 10.6. The Morgan fingerprint density at radius 2 is 1.95 bits per heavy atom. The fraction of sp³-hybridized carbons (Fsp3) is 0.0667. The Kier molecular flexibility index (Phi) is 3.67. The molecule has 0 atom stereocenters. The van der Waals surface area contributed by atoms with Gasteiger partial charge in [-0.1, -0.05) is 6.07 Å². The highest BCUT2D eigenvalue weighted by molar-refractivity contribution is 5.88. The maximum Gasteiger partial charge on any atom is 0.335 e. The molecule has 2 N–H and O–H groups in total. The monoisotopic (exact) mass is 270 g/mol. The van der Waals surface area contributed by atoms with Crippen LogP contribution >= 0.6 is 0 Å². The maximum absolute atomic E-state index is 13.8. The molecule has 0 amide bonds. The van der Waals surface area contributed by atoms with Crippen molar-refractivity contribution in [2.75, 3.05) is 5.32 Å². The van der Waals surface area contributed by atoms with E-state index in [1.807, 2.05) is 13.0 Å². The molecule has 100 valence electrons. The lowest BCUT2D eigenvalue weighted by atomic mass is 10.1. The molecule has 0 radical (unpaired) electrons. The molecular formula is C15H11FN2O2. The van der Waals surface area contributed by atoms with Crippen molar-refractivity contribution in [3.05, 3.63) is 58.9 Å². The highest BCUT2D eigenvalue weighted by atomic mass is 19.1. The van der Waals surface area contributed by atoms with Gasteiger partial charge in [-0.15, -0.1) is 0 Å². The molecule has 0 aliphatic carbocycles. The van der Waals surface area contributed by atoms with Crippen LogP contribution in [-0.2, 0) is 0 Å². The van der Waals surface area contributed by atoms with E-state index in [0.29, 0.717) is 11.3 Å². The number of hydrogen-bond donors (Lipinski definition) is 2. The first kappa shape index (κ1) is 13.6. The van der Waals surface area contributed by atoms with Crippen LogP contribution in [0, 0.1) is 24.1 Å². The number of anilines is 2. The highest BCUT2D eigenvalue weighted by Gasteiger charge is 2.10. The minimum atomic E-state index is -1.19. The smallest absolute Gasteiger partial charge is 0.335 e. The van der Waals surface area contributed by atoms with Crippen LogP contribution in [0.5, 0.6) is 0 Å². The predicted octanol–water partition coefficient (Wildman–Crippen LogP) is 3.45. The summed E-state index contributed by atoms with van der Waals surface area (Å²) < 4.78 is 13.8. The van der Waals surface area contributed by atoms with Crippen molar-refractivity contribution < 1.29 is 14.3 Å². The Balaban J connectivity index is 2.36. The summed E-state index contributed by atoms with van der Waals surface area (Å²) in [7, 11) is 0. The summed E-state index contributed by atoms with van der Waals surface area (Å²) in [4.78, 5) is 10.7. The van der Waals surface area contributed by atoms with Crippen molar-refractivity contribution in [2.45, 2.75) is 6.92 Å². The van der Waals surface area contributed by atoms with E-state index in [0.717, 1.165) is 11.6 Å². The van der Waals surface area contributed by atoms with Crippen LogP contribution in [0.4, 0.5) is 15.8 Å². The molecule has 2 aromatic rings. The Bertz CT molecular complexity index is 720. The lowest BCUT2D eigenvalue weighted by molar-refractivity contribution is 0.0696. The van der Waals surface area contributed by atoms with Crippen LogP contribution in [0.25, 0.3) is 0 Å². The second kappa shape index (κ2) is 5.41. The van der Waals surface area contributed by atoms with E-state index in [1.54, 1.807) is 18.2 Å². The molecule has 5 heteroatoms. The van der Waals surface area contributed by atoms with E-state index in [1.165, 1.54) is 12.1 Å². The molecule has 0 saturated carbocycles. The van der Waals surface area contributed by atoms with Crippen molar-refractivity contribution in [1.82, 2.24) is 0 Å². The van der Waals surface area contributed by atoms with E-state index in [9.17, 15) is 9.18 Å². The molecule has 0 unspecified atom stereocenters. The number of benzene rings is 2. The second-order valence-corrected chi connectivity index (χ2v) is 4.29. The van der Waals surface area contributed by atoms with Gasteiger partial charge in [0.05, 0.1) is 22.5 Å². The minimum Gasteiger partial charge on any atom is -0.478 e. The third-order valence-electron chi connectivity index (χ3n) is 2.78. The lowest BCUT2D eigenvalue weighted by Crippen LogP contribution is -2.01. The normalized spacial score (nSPS) is 9.85. The summed E-state index contributed by atoms with van der Waals surface area (Å²) in [6.45, 7) is 1.85. The van der Waals surface area contributed by atoms with Gasteiger partial charge in [0.15, 0.2) is 0 Å². The fourth-order valence-electron chi connectivity index (χ4n) is 1.75. The number of carbonyl (C=O) groups is 1. The summed E-state index contributed by atoms with van der Waals surface area (Å²) in [6.07, 6.45) is 0. The molecule has 2 aromatic carbocycles. The Morgan fingerprint density at radius 1 is 1.25 bits per heavy atom. The molecule has 0 spiro atoms. The van der Waals surface area contributed by atoms with Gasteiger partial charge in [0, 0.05) is 0 Å². The number of aryl methyl sites for hydroxylation is 1. The Morgan fingerprint density at radius 3 is 2.55 bits per heavy atom. The van der Waals surface area contributed by atoms with Crippen molar-refractivity contribution >= 4 is 17.3 Å². The van der Waals surface area contributed by atoms with Crippen LogP contribution in [0.2, 0.25) is 0 Å². The zero-order chi connectivity index (χ0) is 14.7. The third-order valence-corrected chi connectivity index (χ3v) is 2.78. The van der Waals surface area contributed by atoms with E-state index in [4.69, 9.17) is 10.4 Å². The minimum absolute atomic E-state index is 0.121. The quantitative estimate of drug-likeness (QED) is 0.895. The van der Waals surface area contributed by atoms with Gasteiger partial charge in [-0.2, -0.15) is 5.26 Å². The van der Waals surface area contributed by atoms with Crippen molar-refractivity contribution in [3.63, 3.8) is 0 Å². The van der Waals surface area contributed by atoms with Gasteiger partial charge >= 0.3 is 5.97 Å². The van der Waals surface area contributed by atoms with Crippen LogP contribution in [0.3, 0.4) is 0 Å². The van der Waals surface area contributed by atoms with Gasteiger partial charge in [-0.05, 0) is 42.8 Å². The number of nitrogens with one attached hydrogen (secondary N) is 1. The van der Waals surface area contributed by atoms with Gasteiger partial charge in [0.1, 0.15) is 11.9 Å². The fourth-order valence-corrected chi connectivity index (χ4v) is 1.75. The predicted molar refractivity (Wildman–Crippen MR) is 72.5 cm³/mol. The molecule has 20 heavy (non-hydrogen) atoms. The summed E-state index contributed by atoms with van der Waals surface area (Å²) in [6, 6.07) is 10.8. The average molecular weight is 270 g/mol. The molecular weight excluding hydrogens is 259 g/mol. The number of hydrogen-bond acceptors (Lipinski definition) is 3. The van der Waals surface area contributed by atoms with E-state index < -0.39 is 11.8 Å². The number of carboxylic acids is 1. The first-order chi connectivity index (χ1) is 9.51. The van der Waals surface area contributed by atoms with E-state index >= 15 is 0 Å². The van der Waals surface area contributed by atoms with Crippen molar-refractivity contribution in [1.29, 1.82) is 5.26 Å². The number of halogens is 1. The Hall–Kier alpha value is -2.87. The first-order valence-electron chi connectivity index (χ1n) is 5.82. The number of nitrogens with zero attached hydrogens (tertiary/aromatic N) is 1. The molecule has 0 saturated heterocycles. The van der Waals surface area contributed by atoms with Crippen LogP contribution < -0.4 is 5.32 Å². The van der Waals surface area contributed by atoms with Crippen molar-refractivity contribution in [3.8, 4) is 6.07 Å². The summed E-state index contributed by atoms with van der Waals surface area (Å²) in [5.74, 6) is -1.88. The maximum atomic E-state index is 13.8. The lowest BCUT2D eigenvalue weighted by Gasteiger charge is -2.10. The molecule has 0 heterocycles. The molecule has 4 nitrogen and oxygen atoms in total. The summed E-state index contributed by atoms with van der Waals surface area (Å²) in [5.41, 5.74) is 1.79. The first-order valence-corrected chi connectivity index (χ1v) is 5.82.